The Morgan fingerprint density at radius 3 is 2.63 bits per heavy atom. The summed E-state index contributed by atoms with van der Waals surface area (Å²) in [5, 5.41) is 10.3. The summed E-state index contributed by atoms with van der Waals surface area (Å²) in [5.74, 6) is 2.12. The maximum absolute atomic E-state index is 6.04. The molecule has 0 fully saturated rings. The first kappa shape index (κ1) is 13.7. The molecule has 2 aromatic heterocycles. The molecule has 0 radical (unpaired) electrons. The fraction of sp³-hybridized carbons (Fsp3) is 0.500. The molecule has 6 nitrogen and oxygen atoms in total. The number of hydrogen-bond acceptors (Lipinski definition) is 5. The van der Waals surface area contributed by atoms with E-state index in [1.54, 1.807) is 6.07 Å². The summed E-state index contributed by atoms with van der Waals surface area (Å²) in [6.45, 7) is 8.10. The van der Waals surface area contributed by atoms with Crippen molar-refractivity contribution in [1.29, 1.82) is 0 Å². The molecular weight excluding hydrogens is 264 g/mol. The van der Waals surface area contributed by atoms with Crippen LogP contribution in [0.1, 0.15) is 45.4 Å². The Kier molecular flexibility index (Phi) is 3.71. The van der Waals surface area contributed by atoms with E-state index in [9.17, 15) is 0 Å². The van der Waals surface area contributed by atoms with Crippen molar-refractivity contribution in [1.82, 2.24) is 25.1 Å². The van der Waals surface area contributed by atoms with E-state index in [0.29, 0.717) is 16.8 Å². The second-order valence-electron chi connectivity index (χ2n) is 5.39. The van der Waals surface area contributed by atoms with Crippen LogP contribution in [0, 0.1) is 0 Å². The number of H-pyrrole nitrogens is 1. The van der Waals surface area contributed by atoms with E-state index in [2.05, 4.69) is 30.5 Å². The van der Waals surface area contributed by atoms with Crippen LogP contribution in [0.25, 0.3) is 0 Å². The van der Waals surface area contributed by atoms with Gasteiger partial charge in [-0.05, 0) is 6.92 Å². The topological polar surface area (TPSA) is 79.4 Å². The lowest BCUT2D eigenvalue weighted by Crippen LogP contribution is -2.18. The van der Waals surface area contributed by atoms with Gasteiger partial charge in [0.15, 0.2) is 0 Å². The minimum absolute atomic E-state index is 0.0405. The fourth-order valence-electron chi connectivity index (χ4n) is 1.54. The number of rotatable bonds is 3. The second kappa shape index (κ2) is 5.13. The lowest BCUT2D eigenvalue weighted by Gasteiger charge is -2.19. The lowest BCUT2D eigenvalue weighted by atomic mass is 9.96. The smallest absolute Gasteiger partial charge is 0.146 e. The van der Waals surface area contributed by atoms with Gasteiger partial charge in [0.2, 0.25) is 0 Å². The normalized spacial score (nSPS) is 13.3. The summed E-state index contributed by atoms with van der Waals surface area (Å²) in [7, 11) is 0. The first-order valence-electron chi connectivity index (χ1n) is 6.03. The average molecular weight is 281 g/mol. The van der Waals surface area contributed by atoms with Crippen LogP contribution in [0.2, 0.25) is 5.15 Å². The van der Waals surface area contributed by atoms with Crippen molar-refractivity contribution in [2.24, 2.45) is 0 Å². The van der Waals surface area contributed by atoms with Crippen LogP contribution < -0.4 is 5.32 Å². The summed E-state index contributed by atoms with van der Waals surface area (Å²) in [4.78, 5) is 12.8. The number of aromatic amines is 1. The Morgan fingerprint density at radius 2 is 2.05 bits per heavy atom. The van der Waals surface area contributed by atoms with Crippen molar-refractivity contribution in [3.8, 4) is 0 Å². The van der Waals surface area contributed by atoms with Crippen LogP contribution in [0.5, 0.6) is 0 Å². The standard InChI is InChI=1S/C12H17ClN6/c1-7(10-14-6-15-19-10)16-9-5-8(13)17-11(18-9)12(2,3)4/h5-7H,1-4H3,(H,14,15,19)(H,16,17,18). The van der Waals surface area contributed by atoms with Gasteiger partial charge < -0.3 is 5.32 Å². The Bertz CT molecular complexity index is 546. The Balaban J connectivity index is 2.23. The molecule has 1 atom stereocenters. The van der Waals surface area contributed by atoms with Crippen LogP contribution in [0.4, 0.5) is 5.82 Å². The molecule has 7 heteroatoms. The zero-order valence-electron chi connectivity index (χ0n) is 11.4. The molecule has 0 aromatic carbocycles. The molecule has 102 valence electrons. The summed E-state index contributed by atoms with van der Waals surface area (Å²) in [5.41, 5.74) is -0.156. The predicted molar refractivity (Wildman–Crippen MR) is 74.2 cm³/mol. The van der Waals surface area contributed by atoms with Gasteiger partial charge in [-0.25, -0.2) is 15.0 Å². The van der Waals surface area contributed by atoms with Gasteiger partial charge in [0, 0.05) is 11.5 Å². The Labute approximate surface area is 117 Å². The van der Waals surface area contributed by atoms with Crippen molar-refractivity contribution < 1.29 is 0 Å². The third-order valence-corrected chi connectivity index (χ3v) is 2.77. The van der Waals surface area contributed by atoms with E-state index in [4.69, 9.17) is 11.6 Å². The predicted octanol–water partition coefficient (Wildman–Crippen LogP) is 2.72. The van der Waals surface area contributed by atoms with E-state index in [0.717, 1.165) is 5.82 Å². The molecule has 0 amide bonds. The van der Waals surface area contributed by atoms with Crippen molar-refractivity contribution in [3.05, 3.63) is 29.2 Å². The van der Waals surface area contributed by atoms with E-state index in [-0.39, 0.29) is 11.5 Å². The molecule has 0 saturated carbocycles. The molecule has 0 aliphatic rings. The number of nitrogens with one attached hydrogen (secondary N) is 2. The highest BCUT2D eigenvalue weighted by atomic mass is 35.5. The monoisotopic (exact) mass is 280 g/mol. The molecule has 0 aliphatic heterocycles. The van der Waals surface area contributed by atoms with Gasteiger partial charge in [0.05, 0.1) is 6.04 Å². The first-order chi connectivity index (χ1) is 8.86. The minimum Gasteiger partial charge on any atom is -0.360 e. The van der Waals surface area contributed by atoms with Gasteiger partial charge >= 0.3 is 0 Å². The SMILES string of the molecule is CC(Nc1cc(Cl)nc(C(C)(C)C)n1)c1ncn[nH]1. The average Bonchev–Trinajstić information content (AvgIpc) is 2.80. The largest absolute Gasteiger partial charge is 0.360 e. The number of aromatic nitrogens is 5. The number of halogens is 1. The van der Waals surface area contributed by atoms with Crippen molar-refractivity contribution in [2.45, 2.75) is 39.2 Å². The highest BCUT2D eigenvalue weighted by molar-refractivity contribution is 6.29. The highest BCUT2D eigenvalue weighted by Crippen LogP contribution is 2.23. The Hall–Kier alpha value is -1.69. The van der Waals surface area contributed by atoms with E-state index in [1.165, 1.54) is 6.33 Å². The molecule has 0 saturated heterocycles. The van der Waals surface area contributed by atoms with Crippen molar-refractivity contribution in [2.75, 3.05) is 5.32 Å². The molecule has 1 unspecified atom stereocenters. The van der Waals surface area contributed by atoms with Crippen LogP contribution in [-0.4, -0.2) is 25.1 Å². The summed E-state index contributed by atoms with van der Waals surface area (Å²) < 4.78 is 0. The number of hydrogen-bond donors (Lipinski definition) is 2. The third kappa shape index (κ3) is 3.41. The molecule has 2 N–H and O–H groups in total. The van der Waals surface area contributed by atoms with Crippen molar-refractivity contribution in [3.63, 3.8) is 0 Å². The summed E-state index contributed by atoms with van der Waals surface area (Å²) in [6.07, 6.45) is 1.47. The summed E-state index contributed by atoms with van der Waals surface area (Å²) >= 11 is 6.04. The lowest BCUT2D eigenvalue weighted by molar-refractivity contribution is 0.545. The minimum atomic E-state index is -0.156. The molecule has 2 rings (SSSR count). The van der Waals surface area contributed by atoms with E-state index in [1.807, 2.05) is 27.7 Å². The van der Waals surface area contributed by atoms with Crippen molar-refractivity contribution >= 4 is 17.4 Å². The first-order valence-corrected chi connectivity index (χ1v) is 6.41. The van der Waals surface area contributed by atoms with Gasteiger partial charge in [-0.2, -0.15) is 5.10 Å². The van der Waals surface area contributed by atoms with Crippen LogP contribution in [0.15, 0.2) is 12.4 Å². The maximum Gasteiger partial charge on any atom is 0.146 e. The third-order valence-electron chi connectivity index (χ3n) is 2.57. The van der Waals surface area contributed by atoms with Gasteiger partial charge in [-0.15, -0.1) is 0 Å². The van der Waals surface area contributed by atoms with E-state index < -0.39 is 0 Å². The zero-order valence-corrected chi connectivity index (χ0v) is 12.2. The van der Waals surface area contributed by atoms with Gasteiger partial charge in [-0.1, -0.05) is 32.4 Å². The quantitative estimate of drug-likeness (QED) is 0.845. The van der Waals surface area contributed by atoms with Crippen LogP contribution >= 0.6 is 11.6 Å². The molecule has 0 aliphatic carbocycles. The molecule has 0 spiro atoms. The van der Waals surface area contributed by atoms with Gasteiger partial charge in [0.1, 0.15) is 28.9 Å². The number of anilines is 1. The maximum atomic E-state index is 6.04. The second-order valence-corrected chi connectivity index (χ2v) is 5.77. The van der Waals surface area contributed by atoms with Gasteiger partial charge in [0.25, 0.3) is 0 Å². The van der Waals surface area contributed by atoms with Crippen LogP contribution in [0.3, 0.4) is 0 Å². The number of nitrogens with zero attached hydrogens (tertiary/aromatic N) is 4. The fourth-order valence-corrected chi connectivity index (χ4v) is 1.72. The molecule has 2 heterocycles. The molecule has 0 bridgehead atoms. The Morgan fingerprint density at radius 1 is 1.32 bits per heavy atom. The van der Waals surface area contributed by atoms with Crippen LogP contribution in [-0.2, 0) is 5.41 Å². The highest BCUT2D eigenvalue weighted by Gasteiger charge is 2.19. The molecule has 2 aromatic rings. The van der Waals surface area contributed by atoms with Gasteiger partial charge in [-0.3, -0.25) is 5.10 Å². The molecule has 19 heavy (non-hydrogen) atoms. The van der Waals surface area contributed by atoms with E-state index >= 15 is 0 Å². The summed E-state index contributed by atoms with van der Waals surface area (Å²) in [6, 6.07) is 1.66. The molecular formula is C12H17ClN6. The zero-order chi connectivity index (χ0) is 14.0.